The van der Waals surface area contributed by atoms with Gasteiger partial charge in [0, 0.05) is 51.9 Å². The van der Waals surface area contributed by atoms with Gasteiger partial charge >= 0.3 is 6.03 Å². The molecule has 2 saturated heterocycles. The van der Waals surface area contributed by atoms with E-state index >= 15 is 0 Å². The molecule has 1 spiro atoms. The first-order chi connectivity index (χ1) is 12.8. The second kappa shape index (κ2) is 7.72. The molecule has 10 nitrogen and oxygen atoms in total. The van der Waals surface area contributed by atoms with Crippen molar-refractivity contribution in [3.8, 4) is 0 Å². The molecule has 2 fully saturated rings. The number of aryl methyl sites for hydroxylation is 1. The van der Waals surface area contributed by atoms with Gasteiger partial charge in [-0.25, -0.2) is 17.5 Å². The second-order valence-electron chi connectivity index (χ2n) is 7.22. The minimum Gasteiger partial charge on any atom is -0.385 e. The first-order valence-electron chi connectivity index (χ1n) is 9.11. The molecule has 1 aromatic heterocycles. The molecule has 1 N–H and O–H groups in total. The normalized spacial score (nSPS) is 22.2. The maximum absolute atomic E-state index is 12.4. The second-order valence-corrected chi connectivity index (χ2v) is 9.48. The van der Waals surface area contributed by atoms with Crippen LogP contribution in [0.1, 0.15) is 31.0 Å². The SMILES string of the molecule is CCS(=O)(=O)N1CC(c2nc(C)no2)C2(CN(C(=O)NCCCOC)C2)C1. The molecule has 0 radical (unpaired) electrons. The van der Waals surface area contributed by atoms with Gasteiger partial charge in [-0.2, -0.15) is 4.98 Å². The highest BCUT2D eigenvalue weighted by Gasteiger charge is 2.59. The Labute approximate surface area is 159 Å². The number of nitrogens with zero attached hydrogens (tertiary/aromatic N) is 4. The van der Waals surface area contributed by atoms with E-state index in [0.29, 0.717) is 51.0 Å². The Morgan fingerprint density at radius 3 is 2.74 bits per heavy atom. The van der Waals surface area contributed by atoms with Crippen molar-refractivity contribution in [3.63, 3.8) is 0 Å². The third-order valence-corrected chi connectivity index (χ3v) is 7.11. The van der Waals surface area contributed by atoms with E-state index in [2.05, 4.69) is 15.5 Å². The quantitative estimate of drug-likeness (QED) is 0.647. The van der Waals surface area contributed by atoms with Crippen molar-refractivity contribution in [1.82, 2.24) is 24.7 Å². The minimum absolute atomic E-state index is 0.0440. The van der Waals surface area contributed by atoms with Crippen molar-refractivity contribution in [2.45, 2.75) is 26.2 Å². The van der Waals surface area contributed by atoms with E-state index in [4.69, 9.17) is 9.26 Å². The van der Waals surface area contributed by atoms with Crippen LogP contribution >= 0.6 is 0 Å². The summed E-state index contributed by atoms with van der Waals surface area (Å²) in [5, 5.41) is 6.71. The van der Waals surface area contributed by atoms with Gasteiger partial charge in [-0.1, -0.05) is 5.16 Å². The minimum atomic E-state index is -3.33. The highest BCUT2D eigenvalue weighted by Crippen LogP contribution is 2.49. The molecule has 3 heterocycles. The Hall–Kier alpha value is -1.72. The molecule has 0 aromatic carbocycles. The maximum atomic E-state index is 12.4. The number of carbonyl (C=O) groups excluding carboxylic acids is 1. The number of amides is 2. The predicted molar refractivity (Wildman–Crippen MR) is 96.7 cm³/mol. The van der Waals surface area contributed by atoms with Crippen molar-refractivity contribution in [2.75, 3.05) is 52.2 Å². The van der Waals surface area contributed by atoms with Gasteiger partial charge in [0.2, 0.25) is 15.9 Å². The van der Waals surface area contributed by atoms with Crippen LogP contribution in [0.3, 0.4) is 0 Å². The number of ether oxygens (including phenoxy) is 1. The number of hydrogen-bond donors (Lipinski definition) is 1. The smallest absolute Gasteiger partial charge is 0.317 e. The molecule has 0 saturated carbocycles. The van der Waals surface area contributed by atoms with Crippen LogP contribution in [0, 0.1) is 12.3 Å². The fourth-order valence-electron chi connectivity index (χ4n) is 3.81. The average Bonchev–Trinajstić information content (AvgIpc) is 3.21. The summed E-state index contributed by atoms with van der Waals surface area (Å²) in [5.74, 6) is 0.797. The number of likely N-dealkylation sites (tertiary alicyclic amines) is 1. The van der Waals surface area contributed by atoms with Crippen LogP contribution in [0.2, 0.25) is 0 Å². The molecule has 11 heteroatoms. The number of hydrogen-bond acceptors (Lipinski definition) is 7. The van der Waals surface area contributed by atoms with Gasteiger partial charge in [0.1, 0.15) is 0 Å². The largest absolute Gasteiger partial charge is 0.385 e. The molecule has 1 atom stereocenters. The summed E-state index contributed by atoms with van der Waals surface area (Å²) in [6.45, 7) is 6.09. The van der Waals surface area contributed by atoms with E-state index in [1.807, 2.05) is 0 Å². The van der Waals surface area contributed by atoms with Crippen molar-refractivity contribution in [1.29, 1.82) is 0 Å². The molecule has 2 aliphatic heterocycles. The third kappa shape index (κ3) is 3.94. The number of nitrogens with one attached hydrogen (secondary N) is 1. The Morgan fingerprint density at radius 2 is 2.15 bits per heavy atom. The van der Waals surface area contributed by atoms with E-state index in [-0.39, 0.29) is 23.1 Å². The zero-order valence-electron chi connectivity index (χ0n) is 16.0. The molecule has 2 aliphatic rings. The first-order valence-corrected chi connectivity index (χ1v) is 10.7. The Bertz CT molecular complexity index is 774. The average molecular weight is 401 g/mol. The number of carbonyl (C=O) groups is 1. The number of methoxy groups -OCH3 is 1. The van der Waals surface area contributed by atoms with Gasteiger partial charge in [-0.15, -0.1) is 0 Å². The van der Waals surface area contributed by atoms with Gasteiger partial charge in [0.25, 0.3) is 0 Å². The van der Waals surface area contributed by atoms with E-state index in [0.717, 1.165) is 6.42 Å². The molecular weight excluding hydrogens is 374 g/mol. The van der Waals surface area contributed by atoms with Gasteiger partial charge in [-0.05, 0) is 20.3 Å². The summed E-state index contributed by atoms with van der Waals surface area (Å²) in [6, 6.07) is -0.144. The van der Waals surface area contributed by atoms with Crippen molar-refractivity contribution >= 4 is 16.1 Å². The van der Waals surface area contributed by atoms with Crippen molar-refractivity contribution in [3.05, 3.63) is 11.7 Å². The molecule has 1 unspecified atom stereocenters. The Balaban J connectivity index is 1.70. The zero-order valence-corrected chi connectivity index (χ0v) is 16.8. The van der Waals surface area contributed by atoms with Crippen LogP contribution in [0.4, 0.5) is 4.79 Å². The van der Waals surface area contributed by atoms with Crippen LogP contribution < -0.4 is 5.32 Å². The summed E-state index contributed by atoms with van der Waals surface area (Å²) in [5.41, 5.74) is -0.384. The molecular formula is C16H27N5O5S. The fraction of sp³-hybridized carbons (Fsp3) is 0.812. The van der Waals surface area contributed by atoms with Crippen LogP contribution in [0.5, 0.6) is 0 Å². The molecule has 2 amide bonds. The summed E-state index contributed by atoms with van der Waals surface area (Å²) in [6.07, 6.45) is 0.744. The Kier molecular flexibility index (Phi) is 5.73. The van der Waals surface area contributed by atoms with E-state index < -0.39 is 10.0 Å². The van der Waals surface area contributed by atoms with Gasteiger partial charge in [-0.3, -0.25) is 0 Å². The Morgan fingerprint density at radius 1 is 1.41 bits per heavy atom. The predicted octanol–water partition coefficient (Wildman–Crippen LogP) is 0.175. The van der Waals surface area contributed by atoms with Gasteiger partial charge < -0.3 is 19.5 Å². The third-order valence-electron chi connectivity index (χ3n) is 5.32. The molecule has 3 rings (SSSR count). The monoisotopic (exact) mass is 401 g/mol. The lowest BCUT2D eigenvalue weighted by molar-refractivity contribution is 0.0240. The molecule has 1 aromatic rings. The number of sulfonamides is 1. The van der Waals surface area contributed by atoms with Gasteiger partial charge in [0.05, 0.1) is 11.7 Å². The topological polar surface area (TPSA) is 118 Å². The highest BCUT2D eigenvalue weighted by molar-refractivity contribution is 7.89. The molecule has 27 heavy (non-hydrogen) atoms. The summed E-state index contributed by atoms with van der Waals surface area (Å²) in [4.78, 5) is 18.3. The van der Waals surface area contributed by atoms with Crippen molar-refractivity contribution in [2.24, 2.45) is 5.41 Å². The first kappa shape index (κ1) is 20.0. The van der Waals surface area contributed by atoms with Crippen LogP contribution in [-0.4, -0.2) is 86.0 Å². The lowest BCUT2D eigenvalue weighted by atomic mass is 9.71. The zero-order chi connectivity index (χ0) is 19.7. The van der Waals surface area contributed by atoms with Gasteiger partial charge in [0.15, 0.2) is 5.82 Å². The number of aromatic nitrogens is 2. The lowest BCUT2D eigenvalue weighted by Crippen LogP contribution is -2.63. The van der Waals surface area contributed by atoms with Crippen molar-refractivity contribution < 1.29 is 22.5 Å². The highest BCUT2D eigenvalue weighted by atomic mass is 32.2. The summed E-state index contributed by atoms with van der Waals surface area (Å²) >= 11 is 0. The van der Waals surface area contributed by atoms with Crippen LogP contribution in [-0.2, 0) is 14.8 Å². The summed E-state index contributed by atoms with van der Waals surface area (Å²) in [7, 11) is -1.71. The van der Waals surface area contributed by atoms with Crippen LogP contribution in [0.25, 0.3) is 0 Å². The standard InChI is InChI=1S/C16H27N5O5S/c1-4-27(23,24)21-8-13(14-18-12(2)19-26-14)16(11-21)9-20(10-16)15(22)17-6-5-7-25-3/h13H,4-11H2,1-3H3,(H,17,22). The van der Waals surface area contributed by atoms with E-state index in [1.54, 1.807) is 25.9 Å². The van der Waals surface area contributed by atoms with E-state index in [1.165, 1.54) is 4.31 Å². The maximum Gasteiger partial charge on any atom is 0.317 e. The summed E-state index contributed by atoms with van der Waals surface area (Å²) < 4.78 is 36.6. The van der Waals surface area contributed by atoms with E-state index in [9.17, 15) is 13.2 Å². The molecule has 0 bridgehead atoms. The molecule has 152 valence electrons. The molecule has 0 aliphatic carbocycles. The van der Waals surface area contributed by atoms with Crippen LogP contribution in [0.15, 0.2) is 4.52 Å². The number of urea groups is 1. The lowest BCUT2D eigenvalue weighted by Gasteiger charge is -2.49. The number of rotatable bonds is 7. The fourth-order valence-corrected chi connectivity index (χ4v) is 5.01.